The van der Waals surface area contributed by atoms with E-state index >= 15 is 0 Å². The van der Waals surface area contributed by atoms with Gasteiger partial charge in [-0.1, -0.05) is 39.0 Å². The number of fused-ring (bicyclic) bond motifs is 2. The Morgan fingerprint density at radius 2 is 1.41 bits per heavy atom. The Kier molecular flexibility index (Phi) is 4.26. The van der Waals surface area contributed by atoms with Crippen LogP contribution in [0, 0.1) is 16.2 Å². The minimum Gasteiger partial charge on any atom is -0.325 e. The lowest BCUT2D eigenvalue weighted by Gasteiger charge is -2.37. The quantitative estimate of drug-likeness (QED) is 0.453. The minimum absolute atomic E-state index is 0.399. The summed E-state index contributed by atoms with van der Waals surface area (Å²) in [7, 11) is 0. The number of ketones is 2. The van der Waals surface area contributed by atoms with Gasteiger partial charge in [-0.05, 0) is 54.7 Å². The number of anilines is 1. The first-order chi connectivity index (χ1) is 13.7. The van der Waals surface area contributed by atoms with Gasteiger partial charge in [-0.15, -0.1) is 0 Å². The summed E-state index contributed by atoms with van der Waals surface area (Å²) in [5.41, 5.74) is -0.846. The van der Waals surface area contributed by atoms with Crippen molar-refractivity contribution in [1.29, 1.82) is 0 Å². The fourth-order valence-corrected chi connectivity index (χ4v) is 4.73. The number of carbonyl (C=O) groups excluding carboxylic acids is 3. The van der Waals surface area contributed by atoms with E-state index in [2.05, 4.69) is 15.5 Å². The molecule has 0 heterocycles. The van der Waals surface area contributed by atoms with Crippen LogP contribution in [-0.2, 0) is 14.4 Å². The molecule has 0 radical (unpaired) electrons. The highest BCUT2D eigenvalue weighted by molar-refractivity contribution is 6.49. The van der Waals surface area contributed by atoms with Crippen LogP contribution >= 0.6 is 0 Å². The van der Waals surface area contributed by atoms with E-state index in [1.54, 1.807) is 24.3 Å². The SMILES string of the molecule is CC1(C)[C@]2(C(=O)Nc3ccc(N=Nc4ccccc4)cc3)CC[C@@]1(C)C(=O)C2=O. The smallest absolute Gasteiger partial charge is 0.239 e. The molecular formula is C23H23N3O3. The van der Waals surface area contributed by atoms with E-state index in [4.69, 9.17) is 0 Å². The van der Waals surface area contributed by atoms with E-state index in [-0.39, 0.29) is 0 Å². The van der Waals surface area contributed by atoms with E-state index in [0.717, 1.165) is 5.69 Å². The second-order valence-corrected chi connectivity index (χ2v) is 8.56. The van der Waals surface area contributed by atoms with Gasteiger partial charge in [0.15, 0.2) is 0 Å². The van der Waals surface area contributed by atoms with Crippen LogP contribution in [-0.4, -0.2) is 17.5 Å². The number of hydrogen-bond acceptors (Lipinski definition) is 5. The first-order valence-electron chi connectivity index (χ1n) is 9.70. The molecule has 1 N–H and O–H groups in total. The zero-order valence-corrected chi connectivity index (χ0v) is 16.7. The lowest BCUT2D eigenvalue weighted by atomic mass is 9.64. The molecule has 2 atom stereocenters. The van der Waals surface area contributed by atoms with E-state index in [0.29, 0.717) is 24.2 Å². The molecule has 0 aromatic heterocycles. The number of benzene rings is 2. The Hall–Kier alpha value is -3.15. The number of amides is 1. The van der Waals surface area contributed by atoms with Crippen LogP contribution in [0.4, 0.5) is 17.1 Å². The first-order valence-corrected chi connectivity index (χ1v) is 9.70. The normalized spacial score (nSPS) is 27.6. The van der Waals surface area contributed by atoms with Crippen LogP contribution in [0.1, 0.15) is 33.6 Å². The monoisotopic (exact) mass is 389 g/mol. The van der Waals surface area contributed by atoms with Crippen LogP contribution in [0.2, 0.25) is 0 Å². The van der Waals surface area contributed by atoms with Gasteiger partial charge < -0.3 is 5.32 Å². The molecule has 1 amide bonds. The van der Waals surface area contributed by atoms with Crippen molar-refractivity contribution in [3.63, 3.8) is 0 Å². The number of Topliss-reactive ketones (excluding diaryl/α,β-unsaturated/α-hetero) is 2. The van der Waals surface area contributed by atoms with Gasteiger partial charge in [0.05, 0.1) is 11.4 Å². The average Bonchev–Trinajstić information content (AvgIpc) is 2.99. The number of nitrogens with one attached hydrogen (secondary N) is 1. The summed E-state index contributed by atoms with van der Waals surface area (Å²) in [5, 5.41) is 11.2. The number of rotatable bonds is 4. The average molecular weight is 389 g/mol. The van der Waals surface area contributed by atoms with Gasteiger partial charge in [0, 0.05) is 11.1 Å². The maximum Gasteiger partial charge on any atom is 0.239 e. The summed E-state index contributed by atoms with van der Waals surface area (Å²) in [6, 6.07) is 16.3. The van der Waals surface area contributed by atoms with E-state index in [1.807, 2.05) is 51.1 Å². The van der Waals surface area contributed by atoms with Crippen LogP contribution in [0.15, 0.2) is 64.8 Å². The fourth-order valence-electron chi connectivity index (χ4n) is 4.73. The highest BCUT2D eigenvalue weighted by atomic mass is 16.2. The van der Waals surface area contributed by atoms with Crippen molar-refractivity contribution in [2.75, 3.05) is 5.32 Å². The molecule has 0 spiro atoms. The third-order valence-electron chi connectivity index (χ3n) is 7.09. The molecule has 2 aliphatic carbocycles. The lowest BCUT2D eigenvalue weighted by molar-refractivity contribution is -0.147. The Balaban J connectivity index is 1.53. The molecule has 0 unspecified atom stereocenters. The summed E-state index contributed by atoms with van der Waals surface area (Å²) >= 11 is 0. The summed E-state index contributed by atoms with van der Waals surface area (Å²) in [6.45, 7) is 5.52. The number of hydrogen-bond donors (Lipinski definition) is 1. The Morgan fingerprint density at radius 3 is 1.97 bits per heavy atom. The van der Waals surface area contributed by atoms with E-state index in [9.17, 15) is 14.4 Å². The molecular weight excluding hydrogens is 366 g/mol. The predicted molar refractivity (Wildman–Crippen MR) is 109 cm³/mol. The van der Waals surface area contributed by atoms with Gasteiger partial charge >= 0.3 is 0 Å². The van der Waals surface area contributed by atoms with Crippen LogP contribution in [0.5, 0.6) is 0 Å². The van der Waals surface area contributed by atoms with Crippen molar-refractivity contribution in [3.8, 4) is 0 Å². The van der Waals surface area contributed by atoms with Gasteiger partial charge in [-0.25, -0.2) is 0 Å². The zero-order chi connectivity index (χ0) is 20.9. The van der Waals surface area contributed by atoms with Crippen molar-refractivity contribution in [3.05, 3.63) is 54.6 Å². The molecule has 2 saturated carbocycles. The van der Waals surface area contributed by atoms with Crippen LogP contribution in [0.3, 0.4) is 0 Å². The summed E-state index contributed by atoms with van der Waals surface area (Å²) in [5.74, 6) is -1.37. The highest BCUT2D eigenvalue weighted by Crippen LogP contribution is 2.69. The topological polar surface area (TPSA) is 88.0 Å². The Labute approximate surface area is 169 Å². The lowest BCUT2D eigenvalue weighted by Crippen LogP contribution is -2.47. The highest BCUT2D eigenvalue weighted by Gasteiger charge is 2.77. The van der Waals surface area contributed by atoms with Gasteiger partial charge in [0.25, 0.3) is 0 Å². The molecule has 29 heavy (non-hydrogen) atoms. The first kappa shape index (κ1) is 19.2. The van der Waals surface area contributed by atoms with E-state index < -0.39 is 33.7 Å². The second kappa shape index (κ2) is 6.44. The van der Waals surface area contributed by atoms with Crippen molar-refractivity contribution in [2.24, 2.45) is 26.5 Å². The molecule has 6 nitrogen and oxygen atoms in total. The molecule has 4 rings (SSSR count). The molecule has 2 aliphatic rings. The van der Waals surface area contributed by atoms with Gasteiger partial charge in [0.2, 0.25) is 17.5 Å². The Morgan fingerprint density at radius 1 is 0.828 bits per heavy atom. The van der Waals surface area contributed by atoms with Crippen molar-refractivity contribution >= 4 is 34.5 Å². The van der Waals surface area contributed by atoms with Crippen molar-refractivity contribution in [1.82, 2.24) is 0 Å². The predicted octanol–water partition coefficient (Wildman–Crippen LogP) is 5.01. The largest absolute Gasteiger partial charge is 0.325 e. The fraction of sp³-hybridized carbons (Fsp3) is 0.348. The number of carbonyl (C=O) groups is 3. The molecule has 0 saturated heterocycles. The maximum absolute atomic E-state index is 13.2. The molecule has 2 aromatic rings. The number of azo groups is 1. The molecule has 148 valence electrons. The second-order valence-electron chi connectivity index (χ2n) is 8.56. The maximum atomic E-state index is 13.2. The van der Waals surface area contributed by atoms with Crippen molar-refractivity contribution in [2.45, 2.75) is 33.6 Å². The molecule has 2 aromatic carbocycles. The molecule has 2 bridgehead atoms. The summed E-state index contributed by atoms with van der Waals surface area (Å²) in [6.07, 6.45) is 0.951. The number of nitrogens with zero attached hydrogens (tertiary/aromatic N) is 2. The van der Waals surface area contributed by atoms with Gasteiger partial charge in [-0.3, -0.25) is 14.4 Å². The third kappa shape index (κ3) is 2.58. The minimum atomic E-state index is -1.30. The molecule has 2 fully saturated rings. The molecule has 0 aliphatic heterocycles. The summed E-state index contributed by atoms with van der Waals surface area (Å²) in [4.78, 5) is 38.5. The standard InChI is InChI=1S/C23H23N3O3/c1-21(2)22(3)13-14-23(21,19(28)18(22)27)20(29)24-15-9-11-17(12-10-15)26-25-16-7-5-4-6-8-16/h4-12H,13-14H2,1-3H3,(H,24,29)/t22-,23+/m0/s1. The molecule has 6 heteroatoms. The van der Waals surface area contributed by atoms with Crippen LogP contribution in [0.25, 0.3) is 0 Å². The Bertz CT molecular complexity index is 1030. The van der Waals surface area contributed by atoms with Crippen molar-refractivity contribution < 1.29 is 14.4 Å². The zero-order valence-electron chi connectivity index (χ0n) is 16.7. The van der Waals surface area contributed by atoms with Gasteiger partial charge in [-0.2, -0.15) is 10.2 Å². The van der Waals surface area contributed by atoms with Gasteiger partial charge in [0.1, 0.15) is 5.41 Å². The summed E-state index contributed by atoms with van der Waals surface area (Å²) < 4.78 is 0. The van der Waals surface area contributed by atoms with E-state index in [1.165, 1.54) is 0 Å². The third-order valence-corrected chi connectivity index (χ3v) is 7.09. The van der Waals surface area contributed by atoms with Crippen LogP contribution < -0.4 is 5.32 Å².